The molecule has 4 rings (SSSR count). The fraction of sp³-hybridized carbons (Fsp3) is 0.333. The Bertz CT molecular complexity index is 1220. The maximum Gasteiger partial charge on any atom is 0.354 e. The Morgan fingerprint density at radius 2 is 2.15 bits per heavy atom. The van der Waals surface area contributed by atoms with Crippen molar-refractivity contribution in [2.24, 2.45) is 12.2 Å². The molecule has 6 N–H and O–H groups in total. The molecule has 0 radical (unpaired) electrons. The third kappa shape index (κ3) is 3.73. The Morgan fingerprint density at radius 3 is 2.70 bits per heavy atom. The fourth-order valence-corrected chi connectivity index (χ4v) is 5.78. The van der Waals surface area contributed by atoms with Gasteiger partial charge in [0.05, 0.1) is 23.6 Å². The molecule has 2 aliphatic rings. The number of carbonyl (C=O) groups excluding carboxylic acids is 2. The van der Waals surface area contributed by atoms with Crippen LogP contribution in [-0.2, 0) is 28.0 Å². The number of oxime groups is 1. The summed E-state index contributed by atoms with van der Waals surface area (Å²) in [5.74, 6) is -2.75. The molecule has 2 aromatic heterocycles. The molecule has 33 heavy (non-hydrogen) atoms. The SMILES string of the molecule is CC1S[C@@H]2[C@H](NC(=O)C(=NO)c3csc(N)n3)C(=O)N2C(C(=O)O)=C1n1cc(CO)c[n+]1C. The van der Waals surface area contributed by atoms with Crippen molar-refractivity contribution in [1.82, 2.24) is 19.9 Å². The molecule has 1 unspecified atom stereocenters. The Morgan fingerprint density at radius 1 is 1.42 bits per heavy atom. The molecular weight excluding hydrogens is 474 g/mol. The van der Waals surface area contributed by atoms with Crippen LogP contribution in [0.3, 0.4) is 0 Å². The minimum atomic E-state index is -1.30. The van der Waals surface area contributed by atoms with Crippen molar-refractivity contribution >= 4 is 57.4 Å². The van der Waals surface area contributed by atoms with E-state index in [-0.39, 0.29) is 28.4 Å². The Labute approximate surface area is 194 Å². The van der Waals surface area contributed by atoms with Gasteiger partial charge in [0, 0.05) is 5.38 Å². The predicted octanol–water partition coefficient (Wildman–Crippen LogP) is -1.24. The number of nitrogens with zero attached hydrogens (tertiary/aromatic N) is 5. The number of aryl methyl sites for hydroxylation is 1. The number of carboxylic acid groups (broad SMARTS) is 1. The average Bonchev–Trinajstić information content (AvgIpc) is 3.36. The summed E-state index contributed by atoms with van der Waals surface area (Å²) in [6, 6.07) is -1.03. The van der Waals surface area contributed by atoms with E-state index in [4.69, 9.17) is 5.73 Å². The van der Waals surface area contributed by atoms with Crippen LogP contribution >= 0.6 is 23.1 Å². The van der Waals surface area contributed by atoms with Crippen molar-refractivity contribution in [3.63, 3.8) is 0 Å². The number of nitrogens with two attached hydrogens (primary N) is 1. The number of β-lactam (4-membered cyclic amide) rings is 1. The van der Waals surface area contributed by atoms with Gasteiger partial charge in [0.15, 0.2) is 23.6 Å². The van der Waals surface area contributed by atoms with Gasteiger partial charge in [-0.3, -0.25) is 14.5 Å². The summed E-state index contributed by atoms with van der Waals surface area (Å²) in [6.45, 7) is 1.57. The van der Waals surface area contributed by atoms with Crippen LogP contribution in [0.4, 0.5) is 5.13 Å². The van der Waals surface area contributed by atoms with Crippen molar-refractivity contribution in [1.29, 1.82) is 0 Å². The number of hydrogen-bond donors (Lipinski definition) is 5. The first-order valence-electron chi connectivity index (χ1n) is 9.56. The summed E-state index contributed by atoms with van der Waals surface area (Å²) in [4.78, 5) is 42.8. The zero-order valence-electron chi connectivity index (χ0n) is 17.4. The smallest absolute Gasteiger partial charge is 0.354 e. The van der Waals surface area contributed by atoms with Crippen molar-refractivity contribution in [2.45, 2.75) is 30.2 Å². The summed E-state index contributed by atoms with van der Waals surface area (Å²) in [5.41, 5.74) is 5.93. The van der Waals surface area contributed by atoms with E-state index in [9.17, 15) is 29.8 Å². The van der Waals surface area contributed by atoms with Crippen LogP contribution in [0.1, 0.15) is 18.2 Å². The number of aromatic nitrogens is 3. The second kappa shape index (κ2) is 8.49. The van der Waals surface area contributed by atoms with Crippen LogP contribution < -0.4 is 15.7 Å². The number of rotatable bonds is 6. The predicted molar refractivity (Wildman–Crippen MR) is 117 cm³/mol. The molecule has 174 valence electrons. The average molecular weight is 495 g/mol. The topological polar surface area (TPSA) is 187 Å². The van der Waals surface area contributed by atoms with Gasteiger partial charge in [-0.2, -0.15) is 0 Å². The lowest BCUT2D eigenvalue weighted by Crippen LogP contribution is -2.71. The number of thioether (sulfide) groups is 1. The highest BCUT2D eigenvalue weighted by molar-refractivity contribution is 8.01. The summed E-state index contributed by atoms with van der Waals surface area (Å²) in [7, 11) is 1.69. The van der Waals surface area contributed by atoms with Crippen molar-refractivity contribution in [2.75, 3.05) is 5.73 Å². The zero-order chi connectivity index (χ0) is 24.0. The van der Waals surface area contributed by atoms with Crippen molar-refractivity contribution in [3.8, 4) is 0 Å². The maximum absolute atomic E-state index is 12.9. The minimum absolute atomic E-state index is 0.0546. The largest absolute Gasteiger partial charge is 0.477 e. The van der Waals surface area contributed by atoms with Crippen LogP contribution in [0.2, 0.25) is 0 Å². The minimum Gasteiger partial charge on any atom is -0.477 e. The molecule has 0 bridgehead atoms. The molecule has 0 aromatic carbocycles. The first-order chi connectivity index (χ1) is 15.7. The van der Waals surface area contributed by atoms with E-state index in [1.807, 2.05) is 0 Å². The first-order valence-corrected chi connectivity index (χ1v) is 11.4. The first kappa shape index (κ1) is 22.8. The van der Waals surface area contributed by atoms with Gasteiger partial charge in [-0.1, -0.05) is 5.16 Å². The highest BCUT2D eigenvalue weighted by Crippen LogP contribution is 2.45. The number of nitrogens with one attached hydrogen (secondary N) is 1. The van der Waals surface area contributed by atoms with Crippen LogP contribution in [0.25, 0.3) is 5.70 Å². The highest BCUT2D eigenvalue weighted by atomic mass is 32.2. The monoisotopic (exact) mass is 494 g/mol. The lowest BCUT2D eigenvalue weighted by Gasteiger charge is -2.50. The summed E-state index contributed by atoms with van der Waals surface area (Å²) < 4.78 is 3.19. The zero-order valence-corrected chi connectivity index (χ0v) is 19.0. The van der Waals surface area contributed by atoms with Gasteiger partial charge >= 0.3 is 5.97 Å². The van der Waals surface area contributed by atoms with Crippen LogP contribution in [0, 0.1) is 0 Å². The Kier molecular flexibility index (Phi) is 5.85. The third-order valence-corrected chi connectivity index (χ3v) is 7.30. The molecule has 15 heteroatoms. The normalized spacial score (nSPS) is 22.8. The van der Waals surface area contributed by atoms with Gasteiger partial charge in [-0.05, 0) is 6.92 Å². The highest BCUT2D eigenvalue weighted by Gasteiger charge is 2.57. The van der Waals surface area contributed by atoms with Gasteiger partial charge in [0.1, 0.15) is 22.8 Å². The number of aliphatic hydroxyl groups excluding tert-OH is 1. The number of aliphatic hydroxyl groups is 1. The van der Waals surface area contributed by atoms with Gasteiger partial charge in [0.25, 0.3) is 11.8 Å². The van der Waals surface area contributed by atoms with Crippen LogP contribution in [0.15, 0.2) is 28.6 Å². The summed E-state index contributed by atoms with van der Waals surface area (Å²) in [6.07, 6.45) is 3.25. The summed E-state index contributed by atoms with van der Waals surface area (Å²) >= 11 is 2.35. The molecule has 0 aliphatic carbocycles. The molecule has 1 saturated heterocycles. The molecule has 1 fully saturated rings. The number of fused-ring (bicyclic) bond motifs is 1. The quantitative estimate of drug-likeness (QED) is 0.108. The molecule has 3 atom stereocenters. The molecule has 0 saturated carbocycles. The van der Waals surface area contributed by atoms with Crippen molar-refractivity contribution < 1.29 is 34.5 Å². The van der Waals surface area contributed by atoms with E-state index in [1.165, 1.54) is 17.1 Å². The standard InChI is InChI=1S/C18H19N7O6S2/c1-7-12(24-4-8(5-26)3-23(24)2)13(17(29)30)25-15(28)11(16(25)33-7)21-14(27)10(22-31)9-6-32-18(19)20-9/h3-4,6-7,11,16,26H,5H2,1-2H3,(H4-,19,20,21,27,29,30,31)/p+1/t7?,11-,16-/m1/s1. The molecule has 2 amide bonds. The van der Waals surface area contributed by atoms with Gasteiger partial charge in [-0.25, -0.2) is 9.78 Å². The van der Waals surface area contributed by atoms with Crippen LogP contribution in [0.5, 0.6) is 0 Å². The molecule has 0 spiro atoms. The van der Waals surface area contributed by atoms with E-state index >= 15 is 0 Å². The van der Waals surface area contributed by atoms with Gasteiger partial charge in [0.2, 0.25) is 6.20 Å². The molecule has 13 nitrogen and oxygen atoms in total. The van der Waals surface area contributed by atoms with Crippen molar-refractivity contribution in [3.05, 3.63) is 34.7 Å². The number of hydrogen-bond acceptors (Lipinski definition) is 10. The van der Waals surface area contributed by atoms with E-state index < -0.39 is 34.9 Å². The number of carboxylic acids is 1. The Hall–Kier alpha value is -3.43. The number of anilines is 1. The number of aliphatic carboxylic acids is 1. The second-order valence-electron chi connectivity index (χ2n) is 7.30. The van der Waals surface area contributed by atoms with Gasteiger partial charge in [-0.15, -0.1) is 32.5 Å². The summed E-state index contributed by atoms with van der Waals surface area (Å²) in [5, 5.41) is 34.7. The molecular formula is C18H20N7O6S2+. The second-order valence-corrected chi connectivity index (χ2v) is 9.65. The van der Waals surface area contributed by atoms with E-state index in [0.717, 1.165) is 16.2 Å². The lowest BCUT2D eigenvalue weighted by molar-refractivity contribution is -0.743. The van der Waals surface area contributed by atoms with Crippen LogP contribution in [-0.4, -0.2) is 70.1 Å². The van der Waals surface area contributed by atoms with E-state index in [2.05, 4.69) is 15.5 Å². The number of thiazole rings is 1. The number of nitrogen functional groups attached to an aromatic ring is 1. The maximum atomic E-state index is 12.9. The lowest BCUT2D eigenvalue weighted by atomic mass is 10.0. The molecule has 4 heterocycles. The number of carbonyl (C=O) groups is 3. The van der Waals surface area contributed by atoms with E-state index in [1.54, 1.807) is 35.7 Å². The Balaban J connectivity index is 1.63. The third-order valence-electron chi connectivity index (χ3n) is 5.23. The number of amides is 2. The molecule has 2 aromatic rings. The van der Waals surface area contributed by atoms with Gasteiger partial charge < -0.3 is 26.5 Å². The fourth-order valence-electron chi connectivity index (χ4n) is 3.79. The van der Waals surface area contributed by atoms with E-state index in [0.29, 0.717) is 11.3 Å². The molecule has 2 aliphatic heterocycles.